The number of hydrogen-bond acceptors (Lipinski definition) is 7. The number of nitrogens with one attached hydrogen (secondary N) is 2. The van der Waals surface area contributed by atoms with Crippen molar-refractivity contribution < 1.29 is 14.0 Å². The highest BCUT2D eigenvalue weighted by atomic mass is 32.2. The number of urea groups is 1. The largest absolute Gasteiger partial charge is 0.467 e. The van der Waals surface area contributed by atoms with Gasteiger partial charge in [0.15, 0.2) is 5.16 Å². The fraction of sp³-hybridized carbons (Fsp3) is 0.636. The summed E-state index contributed by atoms with van der Waals surface area (Å²) in [6.07, 6.45) is 2.83. The van der Waals surface area contributed by atoms with Gasteiger partial charge in [-0.05, 0) is 58.1 Å². The first-order chi connectivity index (χ1) is 15.0. The Labute approximate surface area is 193 Å². The van der Waals surface area contributed by atoms with Crippen LogP contribution in [-0.2, 0) is 11.3 Å². The molecule has 1 saturated heterocycles. The molecular weight excluding hydrogens is 428 g/mol. The van der Waals surface area contributed by atoms with Gasteiger partial charge in [0.1, 0.15) is 5.76 Å². The predicted octanol–water partition coefficient (Wildman–Crippen LogP) is 3.51. The lowest BCUT2D eigenvalue weighted by Gasteiger charge is -2.35. The number of rotatable bonds is 6. The van der Waals surface area contributed by atoms with Crippen LogP contribution in [-0.4, -0.2) is 50.6 Å². The zero-order valence-corrected chi connectivity index (χ0v) is 20.5. The Morgan fingerprint density at radius 1 is 1.25 bits per heavy atom. The van der Waals surface area contributed by atoms with Crippen molar-refractivity contribution in [3.05, 3.63) is 24.2 Å². The minimum Gasteiger partial charge on any atom is -0.467 e. The Hall–Kier alpha value is -2.49. The van der Waals surface area contributed by atoms with E-state index in [2.05, 4.69) is 39.6 Å². The Kier molecular flexibility index (Phi) is 7.53. The highest BCUT2D eigenvalue weighted by molar-refractivity contribution is 8.00. The minimum atomic E-state index is -0.535. The quantitative estimate of drug-likeness (QED) is 0.633. The second-order valence-electron chi connectivity index (χ2n) is 9.75. The molecule has 2 aromatic rings. The number of thioether (sulfide) groups is 1. The molecule has 0 aromatic carbocycles. The summed E-state index contributed by atoms with van der Waals surface area (Å²) >= 11 is 1.28. The molecule has 0 saturated carbocycles. The average Bonchev–Trinajstić information content (AvgIpc) is 3.30. The molecule has 3 atom stereocenters. The molecule has 2 aromatic heterocycles. The zero-order valence-electron chi connectivity index (χ0n) is 19.7. The van der Waals surface area contributed by atoms with Gasteiger partial charge in [-0.2, -0.15) is 0 Å². The Morgan fingerprint density at radius 3 is 2.53 bits per heavy atom. The lowest BCUT2D eigenvalue weighted by molar-refractivity contribution is -0.119. The molecule has 0 spiro atoms. The van der Waals surface area contributed by atoms with Gasteiger partial charge in [-0.1, -0.05) is 25.6 Å². The summed E-state index contributed by atoms with van der Waals surface area (Å²) in [5.41, 5.74) is -0.429. The Morgan fingerprint density at radius 2 is 1.94 bits per heavy atom. The summed E-state index contributed by atoms with van der Waals surface area (Å²) in [4.78, 5) is 26.9. The monoisotopic (exact) mass is 462 g/mol. The molecule has 32 heavy (non-hydrogen) atoms. The number of anilines is 1. The van der Waals surface area contributed by atoms with Crippen LogP contribution in [0.4, 0.5) is 10.7 Å². The van der Waals surface area contributed by atoms with Crippen molar-refractivity contribution in [3.8, 4) is 0 Å². The van der Waals surface area contributed by atoms with E-state index in [9.17, 15) is 9.59 Å². The van der Waals surface area contributed by atoms with Crippen LogP contribution in [0.25, 0.3) is 0 Å². The molecule has 1 aliphatic heterocycles. The number of amides is 3. The van der Waals surface area contributed by atoms with E-state index < -0.39 is 16.8 Å². The van der Waals surface area contributed by atoms with Gasteiger partial charge in [0.2, 0.25) is 11.9 Å². The van der Waals surface area contributed by atoms with Gasteiger partial charge in [0.25, 0.3) is 0 Å². The van der Waals surface area contributed by atoms with Gasteiger partial charge in [0, 0.05) is 18.6 Å². The van der Waals surface area contributed by atoms with Crippen LogP contribution in [0.1, 0.15) is 53.7 Å². The van der Waals surface area contributed by atoms with Crippen molar-refractivity contribution in [3.63, 3.8) is 0 Å². The van der Waals surface area contributed by atoms with E-state index in [4.69, 9.17) is 4.42 Å². The molecule has 2 N–H and O–H groups in total. The van der Waals surface area contributed by atoms with Crippen LogP contribution in [0.2, 0.25) is 0 Å². The second-order valence-corrected chi connectivity index (χ2v) is 11.1. The third-order valence-corrected chi connectivity index (χ3v) is 6.20. The van der Waals surface area contributed by atoms with Gasteiger partial charge in [-0.25, -0.2) is 4.79 Å². The number of piperidine rings is 1. The number of carbonyl (C=O) groups excluding carboxylic acids is 2. The molecular formula is C22H34N6O3S. The Balaban J connectivity index is 1.77. The van der Waals surface area contributed by atoms with Crippen LogP contribution >= 0.6 is 11.8 Å². The van der Waals surface area contributed by atoms with Gasteiger partial charge in [0.05, 0.1) is 18.1 Å². The highest BCUT2D eigenvalue weighted by Gasteiger charge is 2.29. The molecule has 0 unspecified atom stereocenters. The molecule has 10 heteroatoms. The molecule has 1 aliphatic rings. The third kappa shape index (κ3) is 6.51. The average molecular weight is 463 g/mol. The summed E-state index contributed by atoms with van der Waals surface area (Å²) < 4.78 is 7.55. The molecule has 0 radical (unpaired) electrons. The van der Waals surface area contributed by atoms with Crippen molar-refractivity contribution >= 4 is 29.6 Å². The maximum atomic E-state index is 12.6. The van der Waals surface area contributed by atoms with Crippen molar-refractivity contribution in [1.29, 1.82) is 0 Å². The maximum absolute atomic E-state index is 12.6. The summed E-state index contributed by atoms with van der Waals surface area (Å²) in [5, 5.41) is 14.1. The smallest absolute Gasteiger partial charge is 0.321 e. The van der Waals surface area contributed by atoms with E-state index in [1.807, 2.05) is 37.5 Å². The normalized spacial score (nSPS) is 20.1. The van der Waals surface area contributed by atoms with E-state index in [0.717, 1.165) is 24.8 Å². The van der Waals surface area contributed by atoms with Crippen LogP contribution in [0, 0.1) is 11.8 Å². The number of hydrogen-bond donors (Lipinski definition) is 2. The van der Waals surface area contributed by atoms with E-state index in [1.54, 1.807) is 13.2 Å². The summed E-state index contributed by atoms with van der Waals surface area (Å²) in [6.45, 7) is 14.1. The molecule has 0 bridgehead atoms. The topological polar surface area (TPSA) is 105 Å². The number of carbonyl (C=O) groups is 2. The molecule has 0 aliphatic carbocycles. The number of aromatic nitrogens is 3. The molecule has 9 nitrogen and oxygen atoms in total. The van der Waals surface area contributed by atoms with Crippen LogP contribution in [0.3, 0.4) is 0 Å². The first-order valence-corrected chi connectivity index (χ1v) is 11.9. The third-order valence-electron chi connectivity index (χ3n) is 5.12. The standard InChI is InChI=1S/C22H34N6O3S/c1-14-10-15(2)12-27(11-14)20-25-26-21(28(20)13-17-8-7-9-31-17)32-16(3)18(29)23-19(30)24-22(4,5)6/h7-9,14-16H,10-13H2,1-6H3,(H2,23,24,29,30)/t14-,15+,16-/m1/s1. The van der Waals surface area contributed by atoms with Crippen molar-refractivity contribution in [2.75, 3.05) is 18.0 Å². The summed E-state index contributed by atoms with van der Waals surface area (Å²) in [6, 6.07) is 3.25. The highest BCUT2D eigenvalue weighted by Crippen LogP contribution is 2.30. The number of imide groups is 1. The van der Waals surface area contributed by atoms with Crippen molar-refractivity contribution in [2.45, 2.75) is 70.5 Å². The number of furan rings is 1. The molecule has 3 amide bonds. The van der Waals surface area contributed by atoms with Gasteiger partial charge in [-0.15, -0.1) is 10.2 Å². The van der Waals surface area contributed by atoms with Crippen LogP contribution < -0.4 is 15.5 Å². The maximum Gasteiger partial charge on any atom is 0.321 e. The molecule has 3 heterocycles. The van der Waals surface area contributed by atoms with Gasteiger partial charge < -0.3 is 14.6 Å². The fourth-order valence-electron chi connectivity index (χ4n) is 3.92. The number of nitrogens with zero attached hydrogens (tertiary/aromatic N) is 4. The van der Waals surface area contributed by atoms with Crippen LogP contribution in [0.15, 0.2) is 28.0 Å². The van der Waals surface area contributed by atoms with Crippen LogP contribution in [0.5, 0.6) is 0 Å². The first kappa shape index (κ1) is 24.2. The lowest BCUT2D eigenvalue weighted by Crippen LogP contribution is -2.49. The first-order valence-electron chi connectivity index (χ1n) is 11.0. The van der Waals surface area contributed by atoms with E-state index in [0.29, 0.717) is 23.5 Å². The lowest BCUT2D eigenvalue weighted by atomic mass is 9.92. The molecule has 3 rings (SSSR count). The molecule has 1 fully saturated rings. The van der Waals surface area contributed by atoms with Crippen molar-refractivity contribution in [2.24, 2.45) is 11.8 Å². The van der Waals surface area contributed by atoms with E-state index >= 15 is 0 Å². The second kappa shape index (κ2) is 9.97. The van der Waals surface area contributed by atoms with E-state index in [-0.39, 0.29) is 5.91 Å². The van der Waals surface area contributed by atoms with Gasteiger partial charge in [-0.3, -0.25) is 14.7 Å². The predicted molar refractivity (Wildman–Crippen MR) is 125 cm³/mol. The SMILES string of the molecule is C[C@@H]1C[C@H](C)CN(c2nnc(S[C@H](C)C(=O)NC(=O)NC(C)(C)C)n2Cc2ccco2)C1. The summed E-state index contributed by atoms with van der Waals surface area (Å²) in [7, 11) is 0. The van der Waals surface area contributed by atoms with Gasteiger partial charge >= 0.3 is 6.03 Å². The fourth-order valence-corrected chi connectivity index (χ4v) is 4.77. The molecule has 176 valence electrons. The Bertz CT molecular complexity index is 911. The minimum absolute atomic E-state index is 0.383. The van der Waals surface area contributed by atoms with E-state index in [1.165, 1.54) is 18.2 Å². The summed E-state index contributed by atoms with van der Waals surface area (Å²) in [5.74, 6) is 2.31. The van der Waals surface area contributed by atoms with Crippen molar-refractivity contribution in [1.82, 2.24) is 25.4 Å². The zero-order chi connectivity index (χ0) is 23.5.